The smallest absolute Gasteiger partial charge is 0.202 e. The fraction of sp³-hybridized carbons (Fsp3) is 0.455. The molecule has 2 aromatic rings. The number of anilines is 1. The van der Waals surface area contributed by atoms with Crippen LogP contribution in [0.2, 0.25) is 0 Å². The highest BCUT2D eigenvalue weighted by molar-refractivity contribution is 5.74. The molecule has 2 aromatic heterocycles. The van der Waals surface area contributed by atoms with Crippen LogP contribution in [0.1, 0.15) is 31.9 Å². The molecule has 0 spiro atoms. The number of nitrogens with zero attached hydrogens (tertiary/aromatic N) is 3. The monoisotopic (exact) mass is 204 g/mol. The van der Waals surface area contributed by atoms with Crippen LogP contribution in [-0.4, -0.2) is 14.5 Å². The standard InChI is InChI=1S/C11H16N4/c1-4-8(3)15-10-9(14-11(15)12)5-7(2)6-13-10/h5-6,8H,4H2,1-3H3,(H2,12,14). The fourth-order valence-corrected chi connectivity index (χ4v) is 1.72. The summed E-state index contributed by atoms with van der Waals surface area (Å²) in [6.45, 7) is 6.26. The van der Waals surface area contributed by atoms with Crippen LogP contribution in [0.5, 0.6) is 0 Å². The lowest BCUT2D eigenvalue weighted by Crippen LogP contribution is -2.08. The molecule has 0 radical (unpaired) electrons. The molecule has 0 aliphatic carbocycles. The second-order valence-electron chi connectivity index (χ2n) is 3.95. The van der Waals surface area contributed by atoms with Gasteiger partial charge in [0, 0.05) is 12.2 Å². The van der Waals surface area contributed by atoms with Gasteiger partial charge in [0.15, 0.2) is 5.65 Å². The van der Waals surface area contributed by atoms with Gasteiger partial charge in [-0.3, -0.25) is 4.57 Å². The molecule has 0 amide bonds. The second-order valence-corrected chi connectivity index (χ2v) is 3.95. The SMILES string of the molecule is CCC(C)n1c(N)nc2cc(C)cnc21. The number of nitrogen functional groups attached to an aromatic ring is 1. The van der Waals surface area contributed by atoms with Crippen molar-refractivity contribution >= 4 is 17.1 Å². The average Bonchev–Trinajstić information content (AvgIpc) is 2.52. The molecule has 1 atom stereocenters. The Morgan fingerprint density at radius 1 is 1.53 bits per heavy atom. The van der Waals surface area contributed by atoms with Crippen molar-refractivity contribution in [3.63, 3.8) is 0 Å². The van der Waals surface area contributed by atoms with Gasteiger partial charge in [-0.15, -0.1) is 0 Å². The van der Waals surface area contributed by atoms with Gasteiger partial charge in [0.05, 0.1) is 0 Å². The van der Waals surface area contributed by atoms with Crippen LogP contribution in [0.15, 0.2) is 12.3 Å². The van der Waals surface area contributed by atoms with Crippen molar-refractivity contribution in [1.82, 2.24) is 14.5 Å². The summed E-state index contributed by atoms with van der Waals surface area (Å²) < 4.78 is 1.99. The van der Waals surface area contributed by atoms with E-state index >= 15 is 0 Å². The molecule has 2 rings (SSSR count). The zero-order valence-corrected chi connectivity index (χ0v) is 9.36. The minimum absolute atomic E-state index is 0.338. The van der Waals surface area contributed by atoms with Crippen LogP contribution in [0.3, 0.4) is 0 Å². The molecule has 4 nitrogen and oxygen atoms in total. The maximum absolute atomic E-state index is 5.89. The van der Waals surface area contributed by atoms with E-state index in [-0.39, 0.29) is 0 Å². The Morgan fingerprint density at radius 2 is 2.27 bits per heavy atom. The minimum Gasteiger partial charge on any atom is -0.369 e. The van der Waals surface area contributed by atoms with Crippen LogP contribution >= 0.6 is 0 Å². The van der Waals surface area contributed by atoms with Crippen molar-refractivity contribution in [2.45, 2.75) is 33.2 Å². The lowest BCUT2D eigenvalue weighted by molar-refractivity contribution is 0.548. The van der Waals surface area contributed by atoms with Gasteiger partial charge in [0.25, 0.3) is 0 Å². The molecule has 0 aliphatic rings. The maximum atomic E-state index is 5.89. The summed E-state index contributed by atoms with van der Waals surface area (Å²) in [6, 6.07) is 2.35. The number of fused-ring (bicyclic) bond motifs is 1. The predicted octanol–water partition coefficient (Wildman–Crippen LogP) is 2.29. The molecule has 0 fully saturated rings. The van der Waals surface area contributed by atoms with Crippen molar-refractivity contribution in [2.24, 2.45) is 0 Å². The number of rotatable bonds is 2. The number of aromatic nitrogens is 3. The molecular weight excluding hydrogens is 188 g/mol. The maximum Gasteiger partial charge on any atom is 0.202 e. The topological polar surface area (TPSA) is 56.7 Å². The van der Waals surface area contributed by atoms with E-state index < -0.39 is 0 Å². The van der Waals surface area contributed by atoms with Crippen LogP contribution < -0.4 is 5.73 Å². The molecule has 80 valence electrons. The van der Waals surface area contributed by atoms with Crippen molar-refractivity contribution in [3.8, 4) is 0 Å². The first kappa shape index (κ1) is 9.96. The molecule has 15 heavy (non-hydrogen) atoms. The number of nitrogens with two attached hydrogens (primary N) is 1. The van der Waals surface area contributed by atoms with Crippen LogP contribution in [-0.2, 0) is 0 Å². The summed E-state index contributed by atoms with van der Waals surface area (Å²) in [5.41, 5.74) is 8.76. The van der Waals surface area contributed by atoms with Gasteiger partial charge < -0.3 is 5.73 Å². The molecule has 0 saturated heterocycles. The van der Waals surface area contributed by atoms with Gasteiger partial charge in [0.1, 0.15) is 5.52 Å². The summed E-state index contributed by atoms with van der Waals surface area (Å²) in [4.78, 5) is 8.71. The first-order valence-electron chi connectivity index (χ1n) is 5.23. The predicted molar refractivity (Wildman–Crippen MR) is 61.7 cm³/mol. The number of imidazole rings is 1. The molecule has 4 heteroatoms. The Hall–Kier alpha value is -1.58. The van der Waals surface area contributed by atoms with Crippen molar-refractivity contribution in [3.05, 3.63) is 17.8 Å². The Kier molecular flexibility index (Phi) is 2.34. The summed E-state index contributed by atoms with van der Waals surface area (Å²) in [6.07, 6.45) is 2.87. The average molecular weight is 204 g/mol. The van der Waals surface area contributed by atoms with Crippen molar-refractivity contribution in [2.75, 3.05) is 5.73 Å². The van der Waals surface area contributed by atoms with Gasteiger partial charge in [-0.25, -0.2) is 9.97 Å². The Balaban J connectivity index is 2.68. The summed E-state index contributed by atoms with van der Waals surface area (Å²) in [5.74, 6) is 0.553. The molecule has 1 unspecified atom stereocenters. The number of aryl methyl sites for hydroxylation is 1. The van der Waals surface area contributed by atoms with Crippen LogP contribution in [0.25, 0.3) is 11.2 Å². The van der Waals surface area contributed by atoms with E-state index in [4.69, 9.17) is 5.73 Å². The normalized spacial score (nSPS) is 13.3. The van der Waals surface area contributed by atoms with E-state index in [1.54, 1.807) is 0 Å². The third-order valence-corrected chi connectivity index (χ3v) is 2.73. The minimum atomic E-state index is 0.338. The molecule has 0 aliphatic heterocycles. The van der Waals surface area contributed by atoms with Gasteiger partial charge in [0.2, 0.25) is 5.95 Å². The molecule has 0 bridgehead atoms. The van der Waals surface area contributed by atoms with E-state index in [1.807, 2.05) is 23.8 Å². The van der Waals surface area contributed by atoms with Crippen molar-refractivity contribution < 1.29 is 0 Å². The van der Waals surface area contributed by atoms with Gasteiger partial charge in [-0.1, -0.05) is 6.92 Å². The molecular formula is C11H16N4. The van der Waals surface area contributed by atoms with E-state index in [0.717, 1.165) is 23.1 Å². The summed E-state index contributed by atoms with van der Waals surface area (Å²) in [5, 5.41) is 0. The largest absolute Gasteiger partial charge is 0.369 e. The Bertz CT molecular complexity index is 487. The lowest BCUT2D eigenvalue weighted by atomic mass is 10.2. The van der Waals surface area contributed by atoms with E-state index in [9.17, 15) is 0 Å². The zero-order chi connectivity index (χ0) is 11.0. The number of hydrogen-bond donors (Lipinski definition) is 1. The molecule has 2 N–H and O–H groups in total. The summed E-state index contributed by atoms with van der Waals surface area (Å²) in [7, 11) is 0. The Labute approximate surface area is 89.1 Å². The number of pyridine rings is 1. The third-order valence-electron chi connectivity index (χ3n) is 2.73. The van der Waals surface area contributed by atoms with Crippen LogP contribution in [0.4, 0.5) is 5.95 Å². The highest BCUT2D eigenvalue weighted by Crippen LogP contribution is 2.22. The first-order chi connectivity index (χ1) is 7.13. The molecule has 0 saturated carbocycles. The van der Waals surface area contributed by atoms with E-state index in [2.05, 4.69) is 23.8 Å². The van der Waals surface area contributed by atoms with Gasteiger partial charge in [-0.05, 0) is 31.9 Å². The van der Waals surface area contributed by atoms with Gasteiger partial charge in [-0.2, -0.15) is 0 Å². The lowest BCUT2D eigenvalue weighted by Gasteiger charge is -2.12. The van der Waals surface area contributed by atoms with E-state index in [0.29, 0.717) is 12.0 Å². The van der Waals surface area contributed by atoms with E-state index in [1.165, 1.54) is 0 Å². The molecule has 0 aromatic carbocycles. The fourth-order valence-electron chi connectivity index (χ4n) is 1.72. The highest BCUT2D eigenvalue weighted by atomic mass is 15.2. The summed E-state index contributed by atoms with van der Waals surface area (Å²) >= 11 is 0. The Morgan fingerprint density at radius 3 is 2.93 bits per heavy atom. The second kappa shape index (κ2) is 3.53. The highest BCUT2D eigenvalue weighted by Gasteiger charge is 2.13. The first-order valence-corrected chi connectivity index (χ1v) is 5.23. The van der Waals surface area contributed by atoms with Gasteiger partial charge >= 0.3 is 0 Å². The van der Waals surface area contributed by atoms with Crippen LogP contribution in [0, 0.1) is 6.92 Å². The zero-order valence-electron chi connectivity index (χ0n) is 9.36. The quantitative estimate of drug-likeness (QED) is 0.816. The number of hydrogen-bond acceptors (Lipinski definition) is 3. The third kappa shape index (κ3) is 1.56. The van der Waals surface area contributed by atoms with Crippen molar-refractivity contribution in [1.29, 1.82) is 0 Å². The molecule has 2 heterocycles.